The zero-order valence-electron chi connectivity index (χ0n) is 16.6. The van der Waals surface area contributed by atoms with Gasteiger partial charge in [0, 0.05) is 38.1 Å². The summed E-state index contributed by atoms with van der Waals surface area (Å²) in [6, 6.07) is 4.51. The summed E-state index contributed by atoms with van der Waals surface area (Å²) in [5.41, 5.74) is 1.10. The van der Waals surface area contributed by atoms with Crippen molar-refractivity contribution < 1.29 is 9.53 Å². The maximum atomic E-state index is 12.5. The number of aromatic nitrogens is 1. The lowest BCUT2D eigenvalue weighted by molar-refractivity contribution is 0.00422. The van der Waals surface area contributed by atoms with Crippen LogP contribution in [0.15, 0.2) is 24.5 Å². The van der Waals surface area contributed by atoms with E-state index in [1.54, 1.807) is 6.20 Å². The fourth-order valence-electron chi connectivity index (χ4n) is 4.06. The van der Waals surface area contributed by atoms with E-state index >= 15 is 0 Å². The van der Waals surface area contributed by atoms with Crippen LogP contribution in [-0.4, -0.2) is 65.7 Å². The lowest BCUT2D eigenvalue weighted by Gasteiger charge is -2.35. The van der Waals surface area contributed by atoms with Crippen LogP contribution in [0.4, 0.5) is 4.79 Å². The standard InChI is InChI=1S/C21H34N4O2/c1-2-19(24-11-4-3-5-12-24)16-23-21(26)25-13-8-20(9-14-25)27-17-18-7-6-10-22-15-18/h6-7,10,15,19-20H,2-5,8-9,11-14,16-17H2,1H3,(H,23,26)/t19-/m0/s1. The van der Waals surface area contributed by atoms with Gasteiger partial charge >= 0.3 is 6.03 Å². The molecule has 27 heavy (non-hydrogen) atoms. The van der Waals surface area contributed by atoms with Gasteiger partial charge in [-0.25, -0.2) is 4.79 Å². The molecule has 6 heteroatoms. The largest absolute Gasteiger partial charge is 0.373 e. The van der Waals surface area contributed by atoms with Crippen molar-refractivity contribution >= 4 is 6.03 Å². The van der Waals surface area contributed by atoms with Crippen LogP contribution in [0.25, 0.3) is 0 Å². The molecule has 0 aliphatic carbocycles. The number of pyridine rings is 1. The van der Waals surface area contributed by atoms with Crippen LogP contribution in [0.1, 0.15) is 51.0 Å². The summed E-state index contributed by atoms with van der Waals surface area (Å²) in [5, 5.41) is 3.17. The molecule has 0 aromatic carbocycles. The van der Waals surface area contributed by atoms with E-state index in [2.05, 4.69) is 22.1 Å². The Kier molecular flexibility index (Phi) is 7.90. The molecule has 3 heterocycles. The Balaban J connectivity index is 1.35. The predicted molar refractivity (Wildman–Crippen MR) is 107 cm³/mol. The molecule has 150 valence electrons. The van der Waals surface area contributed by atoms with Crippen LogP contribution in [0.3, 0.4) is 0 Å². The molecule has 2 fully saturated rings. The van der Waals surface area contributed by atoms with Crippen LogP contribution in [0, 0.1) is 0 Å². The Morgan fingerprint density at radius 1 is 1.26 bits per heavy atom. The number of amides is 2. The maximum absolute atomic E-state index is 12.5. The number of nitrogens with one attached hydrogen (secondary N) is 1. The molecule has 2 aliphatic heterocycles. The molecule has 2 saturated heterocycles. The first-order valence-corrected chi connectivity index (χ1v) is 10.5. The highest BCUT2D eigenvalue weighted by Gasteiger charge is 2.25. The number of urea groups is 1. The third-order valence-corrected chi connectivity index (χ3v) is 5.80. The van der Waals surface area contributed by atoms with Gasteiger partial charge in [-0.3, -0.25) is 9.88 Å². The topological polar surface area (TPSA) is 57.7 Å². The van der Waals surface area contributed by atoms with Crippen molar-refractivity contribution in [1.29, 1.82) is 0 Å². The number of rotatable bonds is 7. The molecule has 0 unspecified atom stereocenters. The number of hydrogen-bond donors (Lipinski definition) is 1. The van der Waals surface area contributed by atoms with E-state index in [4.69, 9.17) is 4.74 Å². The monoisotopic (exact) mass is 374 g/mol. The lowest BCUT2D eigenvalue weighted by atomic mass is 10.1. The maximum Gasteiger partial charge on any atom is 0.317 e. The molecular formula is C21H34N4O2. The highest BCUT2D eigenvalue weighted by atomic mass is 16.5. The molecule has 0 saturated carbocycles. The predicted octanol–water partition coefficient (Wildman–Crippen LogP) is 3.04. The molecular weight excluding hydrogens is 340 g/mol. The van der Waals surface area contributed by atoms with E-state index < -0.39 is 0 Å². The van der Waals surface area contributed by atoms with Crippen molar-refractivity contribution in [2.45, 2.75) is 64.2 Å². The summed E-state index contributed by atoms with van der Waals surface area (Å²) >= 11 is 0. The number of nitrogens with zero attached hydrogens (tertiary/aromatic N) is 3. The highest BCUT2D eigenvalue weighted by Crippen LogP contribution is 2.16. The van der Waals surface area contributed by atoms with E-state index in [1.807, 2.05) is 23.2 Å². The molecule has 1 aromatic heterocycles. The summed E-state index contributed by atoms with van der Waals surface area (Å²) in [6.07, 6.45) is 10.7. The smallest absolute Gasteiger partial charge is 0.317 e. The van der Waals surface area contributed by atoms with Gasteiger partial charge in [0.2, 0.25) is 0 Å². The first-order valence-electron chi connectivity index (χ1n) is 10.5. The summed E-state index contributed by atoms with van der Waals surface area (Å²) in [5.74, 6) is 0. The fourth-order valence-corrected chi connectivity index (χ4v) is 4.06. The van der Waals surface area contributed by atoms with Gasteiger partial charge in [-0.15, -0.1) is 0 Å². The number of piperidine rings is 2. The highest BCUT2D eigenvalue weighted by molar-refractivity contribution is 5.74. The van der Waals surface area contributed by atoms with Gasteiger partial charge in [0.15, 0.2) is 0 Å². The molecule has 2 amide bonds. The Labute approximate surface area is 163 Å². The van der Waals surface area contributed by atoms with E-state index in [0.29, 0.717) is 12.6 Å². The number of likely N-dealkylation sites (tertiary alicyclic amines) is 2. The van der Waals surface area contributed by atoms with Gasteiger partial charge in [-0.2, -0.15) is 0 Å². The van der Waals surface area contributed by atoms with E-state index in [-0.39, 0.29) is 12.1 Å². The van der Waals surface area contributed by atoms with Crippen LogP contribution >= 0.6 is 0 Å². The zero-order chi connectivity index (χ0) is 18.9. The summed E-state index contributed by atoms with van der Waals surface area (Å²) in [4.78, 5) is 21.1. The Morgan fingerprint density at radius 2 is 2.04 bits per heavy atom. The molecule has 6 nitrogen and oxygen atoms in total. The lowest BCUT2D eigenvalue weighted by Crippen LogP contribution is -2.50. The number of ether oxygens (including phenoxy) is 1. The summed E-state index contributed by atoms with van der Waals surface area (Å²) in [7, 11) is 0. The van der Waals surface area contributed by atoms with Crippen molar-refractivity contribution in [3.8, 4) is 0 Å². The number of hydrogen-bond acceptors (Lipinski definition) is 4. The Hall–Kier alpha value is -1.66. The van der Waals surface area contributed by atoms with Crippen molar-refractivity contribution in [2.75, 3.05) is 32.7 Å². The molecule has 0 radical (unpaired) electrons. The normalized spacial score (nSPS) is 20.4. The van der Waals surface area contributed by atoms with Gasteiger partial charge in [0.05, 0.1) is 12.7 Å². The molecule has 2 aliphatic rings. The zero-order valence-corrected chi connectivity index (χ0v) is 16.6. The summed E-state index contributed by atoms with van der Waals surface area (Å²) < 4.78 is 5.99. The van der Waals surface area contributed by atoms with Crippen LogP contribution in [0.5, 0.6) is 0 Å². The quantitative estimate of drug-likeness (QED) is 0.797. The van der Waals surface area contributed by atoms with E-state index in [9.17, 15) is 4.79 Å². The third kappa shape index (κ3) is 6.18. The van der Waals surface area contributed by atoms with Gasteiger partial charge < -0.3 is 15.0 Å². The van der Waals surface area contributed by atoms with Crippen LogP contribution in [0.2, 0.25) is 0 Å². The Bertz CT molecular complexity index is 555. The van der Waals surface area contributed by atoms with Crippen molar-refractivity contribution in [1.82, 2.24) is 20.1 Å². The minimum Gasteiger partial charge on any atom is -0.373 e. The minimum atomic E-state index is 0.0798. The second kappa shape index (κ2) is 10.6. The van der Waals surface area contributed by atoms with Crippen molar-refractivity contribution in [3.05, 3.63) is 30.1 Å². The minimum absolute atomic E-state index is 0.0798. The third-order valence-electron chi connectivity index (χ3n) is 5.80. The first kappa shape index (κ1) is 20.1. The molecule has 1 aromatic rings. The first-order chi connectivity index (χ1) is 13.3. The number of carbonyl (C=O) groups is 1. The van der Waals surface area contributed by atoms with E-state index in [1.165, 1.54) is 32.4 Å². The van der Waals surface area contributed by atoms with Gasteiger partial charge in [-0.05, 0) is 56.8 Å². The van der Waals surface area contributed by atoms with Gasteiger partial charge in [0.1, 0.15) is 0 Å². The van der Waals surface area contributed by atoms with Gasteiger partial charge in [-0.1, -0.05) is 19.4 Å². The second-order valence-corrected chi connectivity index (χ2v) is 7.70. The summed E-state index contributed by atoms with van der Waals surface area (Å²) in [6.45, 7) is 7.46. The number of carbonyl (C=O) groups excluding carboxylic acids is 1. The molecule has 0 bridgehead atoms. The van der Waals surface area contributed by atoms with Gasteiger partial charge in [0.25, 0.3) is 0 Å². The molecule has 1 atom stereocenters. The van der Waals surface area contributed by atoms with E-state index in [0.717, 1.165) is 44.5 Å². The molecule has 0 spiro atoms. The average Bonchev–Trinajstić information content (AvgIpc) is 2.74. The fraction of sp³-hybridized carbons (Fsp3) is 0.714. The van der Waals surface area contributed by atoms with Crippen molar-refractivity contribution in [2.24, 2.45) is 0 Å². The SMILES string of the molecule is CC[C@@H](CNC(=O)N1CCC(OCc2cccnc2)CC1)N1CCCCC1. The second-order valence-electron chi connectivity index (χ2n) is 7.70. The van der Waals surface area contributed by atoms with Crippen LogP contribution in [-0.2, 0) is 11.3 Å². The molecule has 3 rings (SSSR count). The average molecular weight is 375 g/mol. The Morgan fingerprint density at radius 3 is 2.70 bits per heavy atom. The molecule has 1 N–H and O–H groups in total. The van der Waals surface area contributed by atoms with Crippen molar-refractivity contribution in [3.63, 3.8) is 0 Å². The van der Waals surface area contributed by atoms with Crippen LogP contribution < -0.4 is 5.32 Å².